The maximum Gasteiger partial charge on any atom is 0.193 e. The van der Waals surface area contributed by atoms with Gasteiger partial charge in [0, 0.05) is 46.1 Å². The van der Waals surface area contributed by atoms with Gasteiger partial charge in [-0.3, -0.25) is 4.99 Å². The predicted molar refractivity (Wildman–Crippen MR) is 136 cm³/mol. The minimum atomic E-state index is 0. The number of ether oxygens (including phenoxy) is 1. The molecule has 0 aromatic heterocycles. The lowest BCUT2D eigenvalue weighted by atomic mass is 10.1. The van der Waals surface area contributed by atoms with Gasteiger partial charge in [-0.2, -0.15) is 0 Å². The molecule has 1 fully saturated rings. The van der Waals surface area contributed by atoms with Crippen molar-refractivity contribution in [1.29, 1.82) is 0 Å². The Kier molecular flexibility index (Phi) is 10.4. The van der Waals surface area contributed by atoms with E-state index in [0.717, 1.165) is 57.3 Å². The number of hydrogen-bond donors (Lipinski definition) is 1. The topological polar surface area (TPSA) is 40.1 Å². The van der Waals surface area contributed by atoms with Crippen LogP contribution in [0.2, 0.25) is 0 Å². The van der Waals surface area contributed by atoms with Crippen molar-refractivity contribution in [2.45, 2.75) is 39.0 Å². The molecule has 1 heterocycles. The summed E-state index contributed by atoms with van der Waals surface area (Å²) in [6.45, 7) is 6.92. The summed E-state index contributed by atoms with van der Waals surface area (Å²) in [5.41, 5.74) is 2.64. The SMILES string of the molecule is CCN(C)Cc1cccc(CNC(=NC)N2CCC(Oc3ccccc3)CC2)c1.I. The second-order valence-corrected chi connectivity index (χ2v) is 7.67. The highest BCUT2D eigenvalue weighted by atomic mass is 127. The van der Waals surface area contributed by atoms with Crippen LogP contribution >= 0.6 is 24.0 Å². The van der Waals surface area contributed by atoms with Crippen molar-refractivity contribution in [2.24, 2.45) is 4.99 Å². The minimum Gasteiger partial charge on any atom is -0.490 e. The maximum atomic E-state index is 6.11. The van der Waals surface area contributed by atoms with Crippen LogP contribution in [-0.2, 0) is 13.1 Å². The van der Waals surface area contributed by atoms with Gasteiger partial charge in [0.05, 0.1) is 0 Å². The molecule has 5 nitrogen and oxygen atoms in total. The van der Waals surface area contributed by atoms with Crippen LogP contribution in [0.15, 0.2) is 59.6 Å². The van der Waals surface area contributed by atoms with Crippen molar-refractivity contribution in [3.63, 3.8) is 0 Å². The fraction of sp³-hybridized carbons (Fsp3) is 0.458. The van der Waals surface area contributed by atoms with Crippen molar-refractivity contribution in [2.75, 3.05) is 33.7 Å². The van der Waals surface area contributed by atoms with E-state index in [-0.39, 0.29) is 30.1 Å². The summed E-state index contributed by atoms with van der Waals surface area (Å²) in [5.74, 6) is 1.93. The molecular weight excluding hydrogens is 487 g/mol. The van der Waals surface area contributed by atoms with E-state index in [0.29, 0.717) is 0 Å². The Morgan fingerprint density at radius 3 is 2.47 bits per heavy atom. The smallest absolute Gasteiger partial charge is 0.193 e. The monoisotopic (exact) mass is 522 g/mol. The highest BCUT2D eigenvalue weighted by Gasteiger charge is 2.22. The fourth-order valence-electron chi connectivity index (χ4n) is 3.65. The van der Waals surface area contributed by atoms with Crippen LogP contribution in [0.1, 0.15) is 30.9 Å². The van der Waals surface area contributed by atoms with E-state index in [1.165, 1.54) is 11.1 Å². The molecule has 2 aromatic rings. The minimum absolute atomic E-state index is 0. The molecule has 164 valence electrons. The number of rotatable bonds is 7. The average Bonchev–Trinajstić information content (AvgIpc) is 2.76. The number of guanidine groups is 1. The molecule has 1 aliphatic rings. The van der Waals surface area contributed by atoms with Crippen LogP contribution in [0.5, 0.6) is 5.75 Å². The molecule has 3 rings (SSSR count). The first-order chi connectivity index (χ1) is 14.2. The largest absolute Gasteiger partial charge is 0.490 e. The van der Waals surface area contributed by atoms with Crippen LogP contribution in [0.4, 0.5) is 0 Å². The zero-order valence-electron chi connectivity index (χ0n) is 18.4. The zero-order chi connectivity index (χ0) is 20.5. The molecule has 0 spiro atoms. The molecule has 0 atom stereocenters. The van der Waals surface area contributed by atoms with Gasteiger partial charge in [-0.1, -0.05) is 49.4 Å². The predicted octanol–water partition coefficient (Wildman–Crippen LogP) is 4.38. The molecule has 0 bridgehead atoms. The highest BCUT2D eigenvalue weighted by Crippen LogP contribution is 2.18. The van der Waals surface area contributed by atoms with E-state index < -0.39 is 0 Å². The van der Waals surface area contributed by atoms with E-state index >= 15 is 0 Å². The van der Waals surface area contributed by atoms with Crippen molar-refractivity contribution in [3.8, 4) is 5.75 Å². The standard InChI is InChI=1S/C24H34N4O.HI/c1-4-27(3)19-21-10-8-9-20(17-21)18-26-24(25-2)28-15-13-23(14-16-28)29-22-11-6-5-7-12-22;/h5-12,17,23H,4,13-16,18-19H2,1-3H3,(H,25,26);1H. The molecule has 1 N–H and O–H groups in total. The van der Waals surface area contributed by atoms with E-state index in [1.54, 1.807) is 0 Å². The second kappa shape index (κ2) is 12.8. The number of aliphatic imine (C=N–C) groups is 1. The van der Waals surface area contributed by atoms with Crippen LogP contribution < -0.4 is 10.1 Å². The third-order valence-corrected chi connectivity index (χ3v) is 5.43. The van der Waals surface area contributed by atoms with E-state index in [4.69, 9.17) is 4.74 Å². The number of para-hydroxylation sites is 1. The number of halogens is 1. The van der Waals surface area contributed by atoms with Gasteiger partial charge in [0.2, 0.25) is 0 Å². The van der Waals surface area contributed by atoms with Crippen molar-refractivity contribution < 1.29 is 4.74 Å². The van der Waals surface area contributed by atoms with Gasteiger partial charge in [0.25, 0.3) is 0 Å². The molecule has 1 saturated heterocycles. The number of nitrogens with one attached hydrogen (secondary N) is 1. The van der Waals surface area contributed by atoms with E-state index in [9.17, 15) is 0 Å². The van der Waals surface area contributed by atoms with E-state index in [2.05, 4.69) is 58.3 Å². The maximum absolute atomic E-state index is 6.11. The summed E-state index contributed by atoms with van der Waals surface area (Å²) >= 11 is 0. The van der Waals surface area contributed by atoms with Crippen molar-refractivity contribution in [3.05, 3.63) is 65.7 Å². The first-order valence-corrected chi connectivity index (χ1v) is 10.6. The summed E-state index contributed by atoms with van der Waals surface area (Å²) in [4.78, 5) is 9.15. The zero-order valence-corrected chi connectivity index (χ0v) is 20.7. The van der Waals surface area contributed by atoms with Gasteiger partial charge in [0.15, 0.2) is 5.96 Å². The molecule has 0 aliphatic carbocycles. The van der Waals surface area contributed by atoms with Gasteiger partial charge < -0.3 is 19.9 Å². The van der Waals surface area contributed by atoms with E-state index in [1.807, 2.05) is 37.4 Å². The van der Waals surface area contributed by atoms with Crippen LogP contribution in [0.3, 0.4) is 0 Å². The first-order valence-electron chi connectivity index (χ1n) is 10.6. The molecule has 0 amide bonds. The molecular formula is C24H35IN4O. The Morgan fingerprint density at radius 1 is 1.10 bits per heavy atom. The van der Waals surface area contributed by atoms with Crippen molar-refractivity contribution in [1.82, 2.24) is 15.1 Å². The summed E-state index contributed by atoms with van der Waals surface area (Å²) in [6.07, 6.45) is 2.29. The van der Waals surface area contributed by atoms with Crippen LogP contribution in [-0.4, -0.2) is 55.6 Å². The van der Waals surface area contributed by atoms with Gasteiger partial charge in [-0.25, -0.2) is 0 Å². The lowest BCUT2D eigenvalue weighted by Gasteiger charge is -2.34. The Balaban J connectivity index is 0.00000320. The van der Waals surface area contributed by atoms with Crippen LogP contribution in [0, 0.1) is 0 Å². The highest BCUT2D eigenvalue weighted by molar-refractivity contribution is 14.0. The Morgan fingerprint density at radius 2 is 1.80 bits per heavy atom. The molecule has 0 radical (unpaired) electrons. The summed E-state index contributed by atoms with van der Waals surface area (Å²) in [5, 5.41) is 3.54. The number of nitrogens with zero attached hydrogens (tertiary/aromatic N) is 3. The Labute approximate surface area is 198 Å². The van der Waals surface area contributed by atoms with Gasteiger partial charge in [0.1, 0.15) is 11.9 Å². The van der Waals surface area contributed by atoms with Gasteiger partial charge in [-0.15, -0.1) is 24.0 Å². The third-order valence-electron chi connectivity index (χ3n) is 5.43. The first kappa shape index (κ1) is 24.5. The Bertz CT molecular complexity index is 776. The summed E-state index contributed by atoms with van der Waals surface area (Å²) in [6, 6.07) is 18.9. The molecule has 0 unspecified atom stereocenters. The number of benzene rings is 2. The average molecular weight is 522 g/mol. The van der Waals surface area contributed by atoms with Gasteiger partial charge >= 0.3 is 0 Å². The lowest BCUT2D eigenvalue weighted by molar-refractivity contribution is 0.129. The lowest BCUT2D eigenvalue weighted by Crippen LogP contribution is -2.47. The molecule has 30 heavy (non-hydrogen) atoms. The fourth-order valence-corrected chi connectivity index (χ4v) is 3.65. The summed E-state index contributed by atoms with van der Waals surface area (Å²) < 4.78 is 6.11. The number of piperidine rings is 1. The number of hydrogen-bond acceptors (Lipinski definition) is 3. The molecule has 2 aromatic carbocycles. The third kappa shape index (κ3) is 7.47. The molecule has 1 aliphatic heterocycles. The molecule has 6 heteroatoms. The quantitative estimate of drug-likeness (QED) is 0.333. The number of likely N-dealkylation sites (tertiary alicyclic amines) is 1. The van der Waals surface area contributed by atoms with Gasteiger partial charge in [-0.05, 0) is 36.9 Å². The molecule has 0 saturated carbocycles. The second-order valence-electron chi connectivity index (χ2n) is 7.67. The van der Waals surface area contributed by atoms with Crippen LogP contribution in [0.25, 0.3) is 0 Å². The Hall–Kier alpha value is -1.80. The summed E-state index contributed by atoms with van der Waals surface area (Å²) in [7, 11) is 4.01. The van der Waals surface area contributed by atoms with Crippen molar-refractivity contribution >= 4 is 29.9 Å². The normalized spacial score (nSPS) is 15.1.